The Bertz CT molecular complexity index is 360. The highest BCUT2D eigenvalue weighted by atomic mass is 79.9. The number of rotatable bonds is 1. The summed E-state index contributed by atoms with van der Waals surface area (Å²) in [7, 11) is 0. The van der Waals surface area contributed by atoms with Gasteiger partial charge in [0.15, 0.2) is 0 Å². The molecule has 1 saturated heterocycles. The van der Waals surface area contributed by atoms with Gasteiger partial charge in [0.25, 0.3) is 0 Å². The second-order valence-electron chi connectivity index (χ2n) is 4.08. The summed E-state index contributed by atoms with van der Waals surface area (Å²) in [5.41, 5.74) is 1.19. The van der Waals surface area contributed by atoms with Crippen LogP contribution in [0.5, 0.6) is 0 Å². The molecule has 1 aliphatic heterocycles. The topological polar surface area (TPSA) is 29.1 Å². The standard InChI is InChI=1S/C12H14BrNO/c1-8-7-14-11(6-12(8)15)9-2-4-10(13)5-3-9/h2-5,8,11,14H,6-7H2,1H3/t8-,11-/m1/s1. The molecule has 0 unspecified atom stereocenters. The number of halogens is 1. The fourth-order valence-electron chi connectivity index (χ4n) is 1.84. The largest absolute Gasteiger partial charge is 0.309 e. The van der Waals surface area contributed by atoms with E-state index in [2.05, 4.69) is 33.4 Å². The summed E-state index contributed by atoms with van der Waals surface area (Å²) in [6, 6.07) is 8.34. The van der Waals surface area contributed by atoms with E-state index in [9.17, 15) is 4.79 Å². The van der Waals surface area contributed by atoms with Crippen molar-refractivity contribution in [2.45, 2.75) is 19.4 Å². The highest BCUT2D eigenvalue weighted by Gasteiger charge is 2.25. The van der Waals surface area contributed by atoms with Gasteiger partial charge < -0.3 is 5.32 Å². The van der Waals surface area contributed by atoms with Crippen LogP contribution in [-0.4, -0.2) is 12.3 Å². The third-order valence-corrected chi connectivity index (χ3v) is 3.43. The molecule has 3 heteroatoms. The van der Waals surface area contributed by atoms with Crippen molar-refractivity contribution in [3.8, 4) is 0 Å². The van der Waals surface area contributed by atoms with E-state index >= 15 is 0 Å². The Kier molecular flexibility index (Phi) is 3.22. The molecular weight excluding hydrogens is 254 g/mol. The van der Waals surface area contributed by atoms with Crippen molar-refractivity contribution in [3.63, 3.8) is 0 Å². The van der Waals surface area contributed by atoms with Crippen LogP contribution in [0.3, 0.4) is 0 Å². The first-order chi connectivity index (χ1) is 7.16. The molecule has 0 radical (unpaired) electrons. The summed E-state index contributed by atoms with van der Waals surface area (Å²) in [6.45, 7) is 2.77. The van der Waals surface area contributed by atoms with E-state index in [1.54, 1.807) is 0 Å². The minimum atomic E-state index is 0.164. The average Bonchev–Trinajstić information content (AvgIpc) is 2.23. The third kappa shape index (κ3) is 2.47. The van der Waals surface area contributed by atoms with E-state index in [1.165, 1.54) is 5.56 Å². The van der Waals surface area contributed by atoms with Crippen LogP contribution in [-0.2, 0) is 4.79 Å². The van der Waals surface area contributed by atoms with Crippen LogP contribution in [0.15, 0.2) is 28.7 Å². The van der Waals surface area contributed by atoms with E-state index in [4.69, 9.17) is 0 Å². The van der Waals surface area contributed by atoms with Crippen molar-refractivity contribution >= 4 is 21.7 Å². The molecule has 80 valence electrons. The van der Waals surface area contributed by atoms with Gasteiger partial charge in [-0.05, 0) is 17.7 Å². The summed E-state index contributed by atoms with van der Waals surface area (Å²) in [4.78, 5) is 11.6. The summed E-state index contributed by atoms with van der Waals surface area (Å²) >= 11 is 3.40. The van der Waals surface area contributed by atoms with E-state index in [1.807, 2.05) is 19.1 Å². The van der Waals surface area contributed by atoms with Gasteiger partial charge in [0.1, 0.15) is 5.78 Å². The second-order valence-corrected chi connectivity index (χ2v) is 5.00. The molecule has 1 aromatic rings. The maximum Gasteiger partial charge on any atom is 0.138 e. The van der Waals surface area contributed by atoms with E-state index in [0.717, 1.165) is 11.0 Å². The fraction of sp³-hybridized carbons (Fsp3) is 0.417. The molecule has 0 bridgehead atoms. The lowest BCUT2D eigenvalue weighted by atomic mass is 9.91. The van der Waals surface area contributed by atoms with Gasteiger partial charge in [0.2, 0.25) is 0 Å². The van der Waals surface area contributed by atoms with Crippen LogP contribution in [0.25, 0.3) is 0 Å². The maximum absolute atomic E-state index is 11.6. The molecule has 2 nitrogen and oxygen atoms in total. The fourth-order valence-corrected chi connectivity index (χ4v) is 2.10. The lowest BCUT2D eigenvalue weighted by Gasteiger charge is -2.27. The Hall–Kier alpha value is -0.670. The van der Waals surface area contributed by atoms with Gasteiger partial charge in [-0.1, -0.05) is 35.0 Å². The molecule has 15 heavy (non-hydrogen) atoms. The molecule has 2 atom stereocenters. The Morgan fingerprint density at radius 3 is 2.60 bits per heavy atom. The number of hydrogen-bond acceptors (Lipinski definition) is 2. The predicted molar refractivity (Wildman–Crippen MR) is 63.7 cm³/mol. The molecule has 1 heterocycles. The summed E-state index contributed by atoms with van der Waals surface area (Å²) in [5.74, 6) is 0.526. The van der Waals surface area contributed by atoms with Crippen molar-refractivity contribution in [1.82, 2.24) is 5.32 Å². The first kappa shape index (κ1) is 10.8. The lowest BCUT2D eigenvalue weighted by Crippen LogP contribution is -2.37. The predicted octanol–water partition coefficient (Wildman–Crippen LogP) is 2.69. The number of nitrogens with one attached hydrogen (secondary N) is 1. The van der Waals surface area contributed by atoms with E-state index in [-0.39, 0.29) is 12.0 Å². The number of hydrogen-bond donors (Lipinski definition) is 1. The third-order valence-electron chi connectivity index (χ3n) is 2.90. The van der Waals surface area contributed by atoms with Crippen LogP contribution < -0.4 is 5.32 Å². The molecule has 0 saturated carbocycles. The van der Waals surface area contributed by atoms with Crippen LogP contribution >= 0.6 is 15.9 Å². The van der Waals surface area contributed by atoms with Crippen molar-refractivity contribution in [1.29, 1.82) is 0 Å². The molecule has 1 N–H and O–H groups in total. The van der Waals surface area contributed by atoms with Crippen LogP contribution in [0.2, 0.25) is 0 Å². The average molecular weight is 268 g/mol. The molecule has 1 aliphatic rings. The maximum atomic E-state index is 11.6. The van der Waals surface area contributed by atoms with Gasteiger partial charge in [0, 0.05) is 29.4 Å². The van der Waals surface area contributed by atoms with Gasteiger partial charge in [0.05, 0.1) is 0 Å². The minimum absolute atomic E-state index is 0.164. The Morgan fingerprint density at radius 2 is 2.00 bits per heavy atom. The number of Topliss-reactive ketones (excluding diaryl/α,β-unsaturated/α-hetero) is 1. The zero-order valence-corrected chi connectivity index (χ0v) is 10.3. The van der Waals surface area contributed by atoms with Crippen LogP contribution in [0.1, 0.15) is 24.9 Å². The van der Waals surface area contributed by atoms with Gasteiger partial charge in [-0.2, -0.15) is 0 Å². The van der Waals surface area contributed by atoms with Gasteiger partial charge in [-0.25, -0.2) is 0 Å². The molecule has 0 spiro atoms. The summed E-state index contributed by atoms with van der Waals surface area (Å²) < 4.78 is 1.07. The Morgan fingerprint density at radius 1 is 1.33 bits per heavy atom. The van der Waals surface area contributed by atoms with Gasteiger partial charge in [-0.15, -0.1) is 0 Å². The molecule has 0 aliphatic carbocycles. The van der Waals surface area contributed by atoms with Gasteiger partial charge in [-0.3, -0.25) is 4.79 Å². The molecule has 1 aromatic carbocycles. The highest BCUT2D eigenvalue weighted by molar-refractivity contribution is 9.10. The van der Waals surface area contributed by atoms with Gasteiger partial charge >= 0.3 is 0 Å². The highest BCUT2D eigenvalue weighted by Crippen LogP contribution is 2.24. The van der Waals surface area contributed by atoms with E-state index in [0.29, 0.717) is 12.2 Å². The number of carbonyl (C=O) groups excluding carboxylic acids is 1. The van der Waals surface area contributed by atoms with Crippen molar-refractivity contribution < 1.29 is 4.79 Å². The lowest BCUT2D eigenvalue weighted by molar-refractivity contribution is -0.124. The molecule has 1 fully saturated rings. The summed E-state index contributed by atoms with van der Waals surface area (Å²) in [6.07, 6.45) is 0.614. The molecule has 0 aromatic heterocycles. The molecule has 0 amide bonds. The molecule has 2 rings (SSSR count). The first-order valence-electron chi connectivity index (χ1n) is 5.18. The van der Waals surface area contributed by atoms with Crippen molar-refractivity contribution in [3.05, 3.63) is 34.3 Å². The summed E-state index contributed by atoms with van der Waals surface area (Å²) in [5, 5.41) is 3.40. The zero-order chi connectivity index (χ0) is 10.8. The quantitative estimate of drug-likeness (QED) is 0.848. The van der Waals surface area contributed by atoms with Crippen LogP contribution in [0, 0.1) is 5.92 Å². The number of piperidine rings is 1. The Labute approximate surface area is 98.2 Å². The normalized spacial score (nSPS) is 26.7. The number of benzene rings is 1. The molecular formula is C12H14BrNO. The first-order valence-corrected chi connectivity index (χ1v) is 5.97. The van der Waals surface area contributed by atoms with Crippen molar-refractivity contribution in [2.24, 2.45) is 5.92 Å². The monoisotopic (exact) mass is 267 g/mol. The SMILES string of the molecule is C[C@@H]1CN[C@@H](c2ccc(Br)cc2)CC1=O. The minimum Gasteiger partial charge on any atom is -0.309 e. The zero-order valence-electron chi connectivity index (χ0n) is 8.66. The van der Waals surface area contributed by atoms with E-state index < -0.39 is 0 Å². The smallest absolute Gasteiger partial charge is 0.138 e. The van der Waals surface area contributed by atoms with Crippen molar-refractivity contribution in [2.75, 3.05) is 6.54 Å². The van der Waals surface area contributed by atoms with Crippen LogP contribution in [0.4, 0.5) is 0 Å². The number of carbonyl (C=O) groups is 1. The number of ketones is 1. The second kappa shape index (κ2) is 4.45. The Balaban J connectivity index is 2.12.